The number of rotatable bonds is 6. The summed E-state index contributed by atoms with van der Waals surface area (Å²) in [6, 6.07) is 12.5. The van der Waals surface area contributed by atoms with E-state index >= 15 is 0 Å². The zero-order valence-corrected chi connectivity index (χ0v) is 18.3. The number of halogens is 1. The molecule has 29 heavy (non-hydrogen) atoms. The number of carbonyl (C=O) groups is 2. The van der Waals surface area contributed by atoms with Crippen LogP contribution in [0.4, 0.5) is 5.69 Å². The van der Waals surface area contributed by atoms with Gasteiger partial charge in [0.2, 0.25) is 0 Å². The monoisotopic (exact) mass is 458 g/mol. The molecule has 3 rings (SSSR count). The molecule has 2 aromatic carbocycles. The number of hydrogen-bond donors (Lipinski definition) is 1. The van der Waals surface area contributed by atoms with Crippen LogP contribution in [0.3, 0.4) is 0 Å². The van der Waals surface area contributed by atoms with Crippen molar-refractivity contribution in [1.29, 1.82) is 0 Å². The van der Waals surface area contributed by atoms with Gasteiger partial charge in [0, 0.05) is 28.8 Å². The summed E-state index contributed by atoms with van der Waals surface area (Å²) in [7, 11) is 0. The van der Waals surface area contributed by atoms with Crippen molar-refractivity contribution in [3.05, 3.63) is 58.1 Å². The molecule has 6 heteroatoms. The van der Waals surface area contributed by atoms with E-state index < -0.39 is 0 Å². The standard InChI is InChI=1S/C23H27BrN2O3/c1-2-15-29-21-12-9-18(24)16-20(21)22(27)25-19-10-7-17(8-11-19)23(28)26-13-5-3-4-6-14-26/h7-12,16H,2-6,13-15H2,1H3,(H,25,27). The lowest BCUT2D eigenvalue weighted by Gasteiger charge is -2.20. The fourth-order valence-corrected chi connectivity index (χ4v) is 3.73. The zero-order chi connectivity index (χ0) is 20.6. The van der Waals surface area contributed by atoms with E-state index in [0.29, 0.717) is 29.2 Å². The van der Waals surface area contributed by atoms with Gasteiger partial charge in [0.15, 0.2) is 0 Å². The van der Waals surface area contributed by atoms with Crippen LogP contribution in [0.15, 0.2) is 46.9 Å². The molecular weight excluding hydrogens is 432 g/mol. The number of nitrogens with zero attached hydrogens (tertiary/aromatic N) is 1. The largest absolute Gasteiger partial charge is 0.493 e. The normalized spacial score (nSPS) is 14.2. The van der Waals surface area contributed by atoms with Crippen LogP contribution in [-0.4, -0.2) is 36.4 Å². The lowest BCUT2D eigenvalue weighted by molar-refractivity contribution is 0.0761. The highest BCUT2D eigenvalue weighted by Gasteiger charge is 2.18. The molecule has 1 aliphatic rings. The van der Waals surface area contributed by atoms with Crippen molar-refractivity contribution in [3.63, 3.8) is 0 Å². The van der Waals surface area contributed by atoms with Crippen LogP contribution in [0, 0.1) is 0 Å². The second-order valence-corrected chi connectivity index (χ2v) is 8.14. The highest BCUT2D eigenvalue weighted by atomic mass is 79.9. The van der Waals surface area contributed by atoms with Crippen molar-refractivity contribution in [2.24, 2.45) is 0 Å². The summed E-state index contributed by atoms with van der Waals surface area (Å²) in [5.41, 5.74) is 1.76. The van der Waals surface area contributed by atoms with Gasteiger partial charge in [-0.15, -0.1) is 0 Å². The smallest absolute Gasteiger partial charge is 0.259 e. The van der Waals surface area contributed by atoms with Crippen LogP contribution in [0.1, 0.15) is 59.7 Å². The van der Waals surface area contributed by atoms with Crippen LogP contribution in [-0.2, 0) is 0 Å². The van der Waals surface area contributed by atoms with Crippen LogP contribution in [0.2, 0.25) is 0 Å². The zero-order valence-electron chi connectivity index (χ0n) is 16.7. The topological polar surface area (TPSA) is 58.6 Å². The van der Waals surface area contributed by atoms with E-state index in [1.165, 1.54) is 12.8 Å². The van der Waals surface area contributed by atoms with Crippen molar-refractivity contribution in [2.45, 2.75) is 39.0 Å². The number of likely N-dealkylation sites (tertiary alicyclic amines) is 1. The number of nitrogens with one attached hydrogen (secondary N) is 1. The Labute approximate surface area is 180 Å². The highest BCUT2D eigenvalue weighted by Crippen LogP contribution is 2.25. The Bertz CT molecular complexity index is 844. The maximum Gasteiger partial charge on any atom is 0.259 e. The number of hydrogen-bond acceptors (Lipinski definition) is 3. The summed E-state index contributed by atoms with van der Waals surface area (Å²) in [6.45, 7) is 4.21. The van der Waals surface area contributed by atoms with Gasteiger partial charge >= 0.3 is 0 Å². The summed E-state index contributed by atoms with van der Waals surface area (Å²) in [6.07, 6.45) is 5.37. The molecule has 0 aliphatic carbocycles. The number of benzene rings is 2. The number of amides is 2. The Morgan fingerprint density at radius 1 is 1.03 bits per heavy atom. The van der Waals surface area contributed by atoms with Gasteiger partial charge in [-0.25, -0.2) is 0 Å². The number of carbonyl (C=O) groups excluding carboxylic acids is 2. The van der Waals surface area contributed by atoms with Crippen molar-refractivity contribution in [1.82, 2.24) is 4.90 Å². The first-order chi connectivity index (χ1) is 14.1. The average molecular weight is 459 g/mol. The van der Waals surface area contributed by atoms with Gasteiger partial charge in [0.25, 0.3) is 11.8 Å². The quantitative estimate of drug-likeness (QED) is 0.620. The fraction of sp³-hybridized carbons (Fsp3) is 0.391. The molecule has 0 spiro atoms. The molecule has 0 unspecified atom stereocenters. The summed E-state index contributed by atoms with van der Waals surface area (Å²) in [5, 5.41) is 2.89. The minimum Gasteiger partial charge on any atom is -0.493 e. The van der Waals surface area contributed by atoms with Crippen LogP contribution < -0.4 is 10.1 Å². The molecule has 0 aromatic heterocycles. The molecule has 0 radical (unpaired) electrons. The fourth-order valence-electron chi connectivity index (χ4n) is 3.37. The van der Waals surface area contributed by atoms with Gasteiger partial charge in [0.05, 0.1) is 12.2 Å². The van der Waals surface area contributed by atoms with E-state index in [1.54, 1.807) is 36.4 Å². The Morgan fingerprint density at radius 3 is 2.38 bits per heavy atom. The molecule has 1 fully saturated rings. The Balaban J connectivity index is 1.69. The molecule has 5 nitrogen and oxygen atoms in total. The molecule has 1 saturated heterocycles. The molecule has 2 amide bonds. The van der Waals surface area contributed by atoms with Crippen LogP contribution in [0.5, 0.6) is 5.75 Å². The van der Waals surface area contributed by atoms with Crippen LogP contribution >= 0.6 is 15.9 Å². The highest BCUT2D eigenvalue weighted by molar-refractivity contribution is 9.10. The third-order valence-electron chi connectivity index (χ3n) is 4.93. The lowest BCUT2D eigenvalue weighted by atomic mass is 10.1. The minimum atomic E-state index is -0.246. The van der Waals surface area contributed by atoms with Crippen molar-refractivity contribution in [2.75, 3.05) is 25.0 Å². The van der Waals surface area contributed by atoms with Gasteiger partial charge < -0.3 is 15.0 Å². The minimum absolute atomic E-state index is 0.0621. The van der Waals surface area contributed by atoms with Crippen LogP contribution in [0.25, 0.3) is 0 Å². The second-order valence-electron chi connectivity index (χ2n) is 7.23. The number of anilines is 1. The van der Waals surface area contributed by atoms with E-state index in [-0.39, 0.29) is 11.8 Å². The molecule has 1 heterocycles. The van der Waals surface area contributed by atoms with Gasteiger partial charge in [-0.05, 0) is 61.7 Å². The summed E-state index contributed by atoms with van der Waals surface area (Å²) >= 11 is 3.41. The van der Waals surface area contributed by atoms with Crippen molar-refractivity contribution in [3.8, 4) is 5.75 Å². The Morgan fingerprint density at radius 2 is 1.72 bits per heavy atom. The van der Waals surface area contributed by atoms with Gasteiger partial charge in [-0.2, -0.15) is 0 Å². The van der Waals surface area contributed by atoms with E-state index in [4.69, 9.17) is 4.74 Å². The maximum atomic E-state index is 12.8. The molecule has 0 atom stereocenters. The van der Waals surface area contributed by atoms with E-state index in [1.807, 2.05) is 17.9 Å². The summed E-state index contributed by atoms with van der Waals surface area (Å²) in [5.74, 6) is 0.372. The Kier molecular flexibility index (Phi) is 7.69. The van der Waals surface area contributed by atoms with Gasteiger partial charge in [-0.3, -0.25) is 9.59 Å². The summed E-state index contributed by atoms with van der Waals surface area (Å²) < 4.78 is 6.51. The predicted octanol–water partition coefficient (Wildman–Crippen LogP) is 5.51. The molecular formula is C23H27BrN2O3. The third-order valence-corrected chi connectivity index (χ3v) is 5.42. The predicted molar refractivity (Wildman–Crippen MR) is 119 cm³/mol. The molecule has 154 valence electrons. The second kappa shape index (κ2) is 10.4. The van der Waals surface area contributed by atoms with Crippen molar-refractivity contribution < 1.29 is 14.3 Å². The third kappa shape index (κ3) is 5.82. The molecule has 2 aromatic rings. The first-order valence-corrected chi connectivity index (χ1v) is 11.0. The maximum absolute atomic E-state index is 12.8. The SMILES string of the molecule is CCCOc1ccc(Br)cc1C(=O)Nc1ccc(C(=O)N2CCCCCC2)cc1. The molecule has 0 bridgehead atoms. The Hall–Kier alpha value is -2.34. The molecule has 1 N–H and O–H groups in total. The molecule has 0 saturated carbocycles. The van der Waals surface area contributed by atoms with Gasteiger partial charge in [0.1, 0.15) is 5.75 Å². The van der Waals surface area contributed by atoms with E-state index in [0.717, 1.165) is 36.8 Å². The lowest BCUT2D eigenvalue weighted by Crippen LogP contribution is -2.31. The first-order valence-electron chi connectivity index (χ1n) is 10.2. The first kappa shape index (κ1) is 21.4. The van der Waals surface area contributed by atoms with E-state index in [2.05, 4.69) is 21.2 Å². The average Bonchev–Trinajstić information content (AvgIpc) is 3.02. The van der Waals surface area contributed by atoms with E-state index in [9.17, 15) is 9.59 Å². The number of ether oxygens (including phenoxy) is 1. The molecule has 1 aliphatic heterocycles. The van der Waals surface area contributed by atoms with Crippen molar-refractivity contribution >= 4 is 33.4 Å². The van der Waals surface area contributed by atoms with Gasteiger partial charge in [-0.1, -0.05) is 35.7 Å². The summed E-state index contributed by atoms with van der Waals surface area (Å²) in [4.78, 5) is 27.4.